The highest BCUT2D eigenvalue weighted by Crippen LogP contribution is 2.32. The number of ether oxygens (including phenoxy) is 1. The molecule has 3 heterocycles. The highest BCUT2D eigenvalue weighted by molar-refractivity contribution is 6.03. The lowest BCUT2D eigenvalue weighted by Gasteiger charge is -2.10. The molecule has 0 spiro atoms. The number of aromatic nitrogens is 5. The first-order chi connectivity index (χ1) is 16.3. The normalized spacial score (nSPS) is 13.1. The van der Waals surface area contributed by atoms with Crippen molar-refractivity contribution < 1.29 is 18.7 Å². The van der Waals surface area contributed by atoms with Crippen LogP contribution in [-0.4, -0.2) is 36.2 Å². The maximum atomic E-state index is 14.3. The number of nitrogens with zero attached hydrogens (tertiary/aromatic N) is 5. The quantitative estimate of drug-likeness (QED) is 0.432. The second-order valence-corrected chi connectivity index (χ2v) is 8.29. The summed E-state index contributed by atoms with van der Waals surface area (Å²) in [6, 6.07) is 8.92. The number of hydrogen-bond donors (Lipinski definition) is 2. The van der Waals surface area contributed by atoms with Crippen LogP contribution in [0.1, 0.15) is 35.4 Å². The third-order valence-electron chi connectivity index (χ3n) is 5.38. The summed E-state index contributed by atoms with van der Waals surface area (Å²) in [6.07, 6.45) is 4.29. The number of hydrogen-bond acceptors (Lipinski definition) is 6. The molecule has 4 aromatic rings. The molecular formula is C23H22FN7O3. The molecule has 1 aliphatic rings. The van der Waals surface area contributed by atoms with Crippen LogP contribution in [0.3, 0.4) is 0 Å². The Hall–Kier alpha value is -4.28. The molecule has 1 aromatic carbocycles. The fourth-order valence-corrected chi connectivity index (χ4v) is 3.55. The number of fused-ring (bicyclic) bond motifs is 1. The van der Waals surface area contributed by atoms with Gasteiger partial charge < -0.3 is 15.4 Å². The second kappa shape index (κ2) is 8.58. The summed E-state index contributed by atoms with van der Waals surface area (Å²) < 4.78 is 23.0. The summed E-state index contributed by atoms with van der Waals surface area (Å²) >= 11 is 0. The zero-order chi connectivity index (χ0) is 23.8. The van der Waals surface area contributed by atoms with E-state index in [1.165, 1.54) is 27.4 Å². The maximum absolute atomic E-state index is 14.3. The number of imidazole rings is 1. The number of aryl methyl sites for hydroxylation is 2. The molecule has 0 unspecified atom stereocenters. The molecule has 0 radical (unpaired) electrons. The summed E-state index contributed by atoms with van der Waals surface area (Å²) in [5, 5.41) is 13.8. The van der Waals surface area contributed by atoms with Crippen molar-refractivity contribution in [3.05, 3.63) is 59.8 Å². The van der Waals surface area contributed by atoms with Gasteiger partial charge in [0.05, 0.1) is 17.6 Å². The largest absolute Gasteiger partial charge is 0.438 e. The molecule has 10 nitrogen and oxygen atoms in total. The van der Waals surface area contributed by atoms with E-state index in [0.29, 0.717) is 35.2 Å². The van der Waals surface area contributed by atoms with Crippen molar-refractivity contribution in [2.45, 2.75) is 26.2 Å². The molecule has 3 aromatic heterocycles. The smallest absolute Gasteiger partial charge is 0.274 e. The Morgan fingerprint density at radius 1 is 1.15 bits per heavy atom. The van der Waals surface area contributed by atoms with Crippen molar-refractivity contribution in [1.29, 1.82) is 0 Å². The Bertz CT molecular complexity index is 1410. The van der Waals surface area contributed by atoms with Gasteiger partial charge >= 0.3 is 0 Å². The average molecular weight is 463 g/mol. The average Bonchev–Trinajstić information content (AvgIpc) is 3.39. The van der Waals surface area contributed by atoms with E-state index in [1.807, 2.05) is 0 Å². The van der Waals surface area contributed by atoms with Crippen molar-refractivity contribution in [3.63, 3.8) is 0 Å². The molecule has 11 heteroatoms. The van der Waals surface area contributed by atoms with Crippen LogP contribution in [0.2, 0.25) is 0 Å². The van der Waals surface area contributed by atoms with Crippen LogP contribution in [-0.2, 0) is 11.8 Å². The molecule has 0 bridgehead atoms. The molecule has 1 fully saturated rings. The van der Waals surface area contributed by atoms with E-state index in [2.05, 4.69) is 25.8 Å². The molecule has 0 saturated heterocycles. The molecule has 2 N–H and O–H groups in total. The van der Waals surface area contributed by atoms with E-state index < -0.39 is 11.7 Å². The van der Waals surface area contributed by atoms with Crippen LogP contribution < -0.4 is 15.4 Å². The van der Waals surface area contributed by atoms with E-state index in [4.69, 9.17) is 4.74 Å². The van der Waals surface area contributed by atoms with Gasteiger partial charge in [0.1, 0.15) is 17.3 Å². The zero-order valence-corrected chi connectivity index (χ0v) is 18.6. The first-order valence-corrected chi connectivity index (χ1v) is 10.8. The van der Waals surface area contributed by atoms with Gasteiger partial charge in [0.15, 0.2) is 11.5 Å². The lowest BCUT2D eigenvalue weighted by atomic mass is 10.2. The second-order valence-electron chi connectivity index (χ2n) is 8.29. The Morgan fingerprint density at radius 2 is 1.97 bits per heavy atom. The lowest BCUT2D eigenvalue weighted by Crippen LogP contribution is -2.16. The zero-order valence-electron chi connectivity index (χ0n) is 18.6. The minimum atomic E-state index is -0.607. The van der Waals surface area contributed by atoms with Gasteiger partial charge in [-0.1, -0.05) is 0 Å². The highest BCUT2D eigenvalue weighted by Gasteiger charge is 2.24. The number of halogens is 1. The predicted octanol–water partition coefficient (Wildman–Crippen LogP) is 3.69. The number of carbonyl (C=O) groups is 2. The van der Waals surface area contributed by atoms with Crippen LogP contribution in [0.15, 0.2) is 42.6 Å². The Kier molecular flexibility index (Phi) is 5.44. The molecule has 1 saturated carbocycles. The summed E-state index contributed by atoms with van der Waals surface area (Å²) in [6.45, 7) is 1.76. The van der Waals surface area contributed by atoms with Gasteiger partial charge in [-0.15, -0.1) is 5.10 Å². The number of nitrogens with one attached hydrogen (secondary N) is 2. The van der Waals surface area contributed by atoms with E-state index in [0.717, 1.165) is 12.8 Å². The molecule has 34 heavy (non-hydrogen) atoms. The minimum absolute atomic E-state index is 0.0364. The molecule has 174 valence electrons. The SMILES string of the molecule is Cc1cc(C(=O)Nc2cc(Oc3ccc4nc(NC(=O)CC5CC5)cn4n3)ccc2F)n(C)n1. The van der Waals surface area contributed by atoms with Crippen molar-refractivity contribution in [3.8, 4) is 11.6 Å². The van der Waals surface area contributed by atoms with Crippen molar-refractivity contribution in [2.75, 3.05) is 10.6 Å². The van der Waals surface area contributed by atoms with Gasteiger partial charge in [0.25, 0.3) is 5.91 Å². The van der Waals surface area contributed by atoms with Gasteiger partial charge in [-0.2, -0.15) is 5.10 Å². The molecule has 0 aliphatic heterocycles. The molecule has 5 rings (SSSR count). The number of amides is 2. The van der Waals surface area contributed by atoms with Gasteiger partial charge in [-0.25, -0.2) is 13.9 Å². The van der Waals surface area contributed by atoms with Crippen molar-refractivity contribution >= 4 is 29.0 Å². The minimum Gasteiger partial charge on any atom is -0.438 e. The van der Waals surface area contributed by atoms with Gasteiger partial charge in [-0.05, 0) is 49.9 Å². The van der Waals surface area contributed by atoms with Gasteiger partial charge in [0, 0.05) is 25.6 Å². The molecular weight excluding hydrogens is 441 g/mol. The molecule has 0 atom stereocenters. The summed E-state index contributed by atoms with van der Waals surface area (Å²) in [5.74, 6) is 0.234. The van der Waals surface area contributed by atoms with Crippen molar-refractivity contribution in [1.82, 2.24) is 24.4 Å². The lowest BCUT2D eigenvalue weighted by molar-refractivity contribution is -0.116. The van der Waals surface area contributed by atoms with E-state index in [9.17, 15) is 14.0 Å². The predicted molar refractivity (Wildman–Crippen MR) is 121 cm³/mol. The first-order valence-electron chi connectivity index (χ1n) is 10.8. The number of rotatable bonds is 7. The Morgan fingerprint density at radius 3 is 2.71 bits per heavy atom. The molecule has 2 amide bonds. The van der Waals surface area contributed by atoms with Crippen LogP contribution in [0.25, 0.3) is 5.65 Å². The van der Waals surface area contributed by atoms with E-state index in [1.54, 1.807) is 38.4 Å². The number of anilines is 2. The van der Waals surface area contributed by atoms with Crippen molar-refractivity contribution in [2.24, 2.45) is 13.0 Å². The summed E-state index contributed by atoms with van der Waals surface area (Å²) in [7, 11) is 1.64. The molecule has 1 aliphatic carbocycles. The van der Waals surface area contributed by atoms with Crippen LogP contribution in [0, 0.1) is 18.7 Å². The van der Waals surface area contributed by atoms with E-state index >= 15 is 0 Å². The number of carbonyl (C=O) groups excluding carboxylic acids is 2. The monoisotopic (exact) mass is 463 g/mol. The Balaban J connectivity index is 1.30. The summed E-state index contributed by atoms with van der Waals surface area (Å²) in [5.41, 5.74) is 1.48. The van der Waals surface area contributed by atoms with Crippen LogP contribution >= 0.6 is 0 Å². The van der Waals surface area contributed by atoms with Crippen LogP contribution in [0.5, 0.6) is 11.6 Å². The maximum Gasteiger partial charge on any atom is 0.274 e. The summed E-state index contributed by atoms with van der Waals surface area (Å²) in [4.78, 5) is 28.9. The van der Waals surface area contributed by atoms with E-state index in [-0.39, 0.29) is 23.2 Å². The topological polar surface area (TPSA) is 115 Å². The Labute approximate surface area is 193 Å². The van der Waals surface area contributed by atoms with Crippen LogP contribution in [0.4, 0.5) is 15.9 Å². The highest BCUT2D eigenvalue weighted by atomic mass is 19.1. The fraction of sp³-hybridized carbons (Fsp3) is 0.261. The third kappa shape index (κ3) is 4.72. The van der Waals surface area contributed by atoms with Gasteiger partial charge in [0.2, 0.25) is 11.8 Å². The number of benzene rings is 1. The fourth-order valence-electron chi connectivity index (χ4n) is 3.55. The third-order valence-corrected chi connectivity index (χ3v) is 5.38. The van der Waals surface area contributed by atoms with Gasteiger partial charge in [-0.3, -0.25) is 14.3 Å². The first kappa shape index (κ1) is 21.6. The standard InChI is InChI=1S/C23H22FN7O3/c1-13-9-18(30(2)28-13)23(33)25-17-11-15(5-6-16(17)24)34-22-8-7-20-26-19(12-31(20)29-22)27-21(32)10-14-3-4-14/h5-9,11-12,14H,3-4,10H2,1-2H3,(H,25,33)(H,27,32).